The van der Waals surface area contributed by atoms with Crippen molar-refractivity contribution in [3.8, 4) is 5.75 Å². The number of hydrogen-bond acceptors (Lipinski definition) is 4. The maximum Gasteiger partial charge on any atom is 0.573 e. The van der Waals surface area contributed by atoms with Crippen LogP contribution in [0.4, 0.5) is 13.2 Å². The van der Waals surface area contributed by atoms with Crippen molar-refractivity contribution in [1.29, 1.82) is 0 Å². The maximum absolute atomic E-state index is 12.5. The first-order chi connectivity index (χ1) is 13.7. The molecule has 0 aliphatic carbocycles. The van der Waals surface area contributed by atoms with Gasteiger partial charge in [0.15, 0.2) is 0 Å². The average molecular weight is 449 g/mol. The van der Waals surface area contributed by atoms with Crippen LogP contribution in [0.5, 0.6) is 5.75 Å². The van der Waals surface area contributed by atoms with Gasteiger partial charge in [-0.3, -0.25) is 4.79 Å². The average Bonchev–Trinajstić information content (AvgIpc) is 2.68. The number of alkyl halides is 3. The molecular formula is C19H17Cl2F3N2O3. The van der Waals surface area contributed by atoms with Crippen molar-refractivity contribution in [2.75, 3.05) is 13.1 Å². The molecule has 5 nitrogen and oxygen atoms in total. The highest BCUT2D eigenvalue weighted by molar-refractivity contribution is 6.42. The molecule has 10 heteroatoms. The lowest BCUT2D eigenvalue weighted by atomic mass is 10.1. The van der Waals surface area contributed by atoms with Gasteiger partial charge in [-0.15, -0.1) is 13.2 Å². The third-order valence-electron chi connectivity index (χ3n) is 4.39. The molecule has 2 aromatic rings. The normalized spacial score (nSPS) is 15.4. The van der Waals surface area contributed by atoms with Crippen LogP contribution in [0.1, 0.15) is 28.9 Å². The predicted octanol–water partition coefficient (Wildman–Crippen LogP) is 5.11. The van der Waals surface area contributed by atoms with E-state index in [1.54, 1.807) is 17.0 Å². The molecule has 1 aromatic heterocycles. The number of piperidine rings is 1. The second-order valence-electron chi connectivity index (χ2n) is 6.48. The zero-order valence-electron chi connectivity index (χ0n) is 15.1. The number of halogens is 5. The zero-order chi connectivity index (χ0) is 21.0. The summed E-state index contributed by atoms with van der Waals surface area (Å²) in [6.07, 6.45) is -2.64. The fourth-order valence-electron chi connectivity index (χ4n) is 2.93. The molecule has 1 aromatic carbocycles. The third kappa shape index (κ3) is 6.22. The van der Waals surface area contributed by atoms with Crippen LogP contribution in [0.2, 0.25) is 10.0 Å². The van der Waals surface area contributed by atoms with E-state index in [9.17, 15) is 18.0 Å². The van der Waals surface area contributed by atoms with E-state index in [1.165, 1.54) is 6.07 Å². The van der Waals surface area contributed by atoms with Crippen LogP contribution in [-0.4, -0.2) is 41.3 Å². The number of nitrogens with zero attached hydrogens (tertiary/aromatic N) is 2. The molecule has 1 amide bonds. The van der Waals surface area contributed by atoms with E-state index in [-0.39, 0.29) is 17.7 Å². The molecule has 2 heterocycles. The van der Waals surface area contributed by atoms with Crippen molar-refractivity contribution in [3.05, 3.63) is 57.8 Å². The summed E-state index contributed by atoms with van der Waals surface area (Å²) in [5.74, 6) is -0.810. The number of amides is 1. The Morgan fingerprint density at radius 1 is 1.14 bits per heavy atom. The minimum atomic E-state index is -4.80. The summed E-state index contributed by atoms with van der Waals surface area (Å²) in [7, 11) is 0. The highest BCUT2D eigenvalue weighted by Gasteiger charge is 2.31. The zero-order valence-corrected chi connectivity index (χ0v) is 16.6. The maximum atomic E-state index is 12.5. The fraction of sp³-hybridized carbons (Fsp3) is 0.368. The van der Waals surface area contributed by atoms with E-state index in [0.29, 0.717) is 42.6 Å². The van der Waals surface area contributed by atoms with Gasteiger partial charge in [-0.1, -0.05) is 29.3 Å². The van der Waals surface area contributed by atoms with Crippen molar-refractivity contribution in [1.82, 2.24) is 9.88 Å². The van der Waals surface area contributed by atoms with Gasteiger partial charge in [-0.25, -0.2) is 4.98 Å². The third-order valence-corrected chi connectivity index (χ3v) is 5.13. The molecule has 0 radical (unpaired) electrons. The molecule has 0 unspecified atom stereocenters. The molecule has 1 saturated heterocycles. The van der Waals surface area contributed by atoms with E-state index in [2.05, 4.69) is 9.72 Å². The van der Waals surface area contributed by atoms with Crippen molar-refractivity contribution in [2.45, 2.75) is 31.9 Å². The van der Waals surface area contributed by atoms with Gasteiger partial charge in [0.25, 0.3) is 5.91 Å². The van der Waals surface area contributed by atoms with Gasteiger partial charge in [0.2, 0.25) is 0 Å². The minimum Gasteiger partial charge on any atom is -0.404 e. The Kier molecular flexibility index (Phi) is 6.87. The Bertz CT molecular complexity index is 855. The first kappa shape index (κ1) is 21.7. The van der Waals surface area contributed by atoms with E-state index in [0.717, 1.165) is 17.8 Å². The lowest BCUT2D eigenvalue weighted by molar-refractivity contribution is -0.274. The van der Waals surface area contributed by atoms with Crippen molar-refractivity contribution in [2.24, 2.45) is 0 Å². The summed E-state index contributed by atoms with van der Waals surface area (Å²) in [4.78, 5) is 17.9. The molecule has 1 aliphatic rings. The molecule has 0 bridgehead atoms. The Hall–Kier alpha value is -2.03. The number of likely N-dealkylation sites (tertiary alicyclic amines) is 1. The lowest BCUT2D eigenvalue weighted by Crippen LogP contribution is -2.41. The molecule has 0 spiro atoms. The number of hydrogen-bond donors (Lipinski definition) is 0. The van der Waals surface area contributed by atoms with Gasteiger partial charge in [0, 0.05) is 13.1 Å². The number of ether oxygens (including phenoxy) is 2. The van der Waals surface area contributed by atoms with Crippen LogP contribution in [0.3, 0.4) is 0 Å². The Balaban J connectivity index is 1.48. The van der Waals surface area contributed by atoms with Crippen LogP contribution in [0.25, 0.3) is 0 Å². The fourth-order valence-corrected chi connectivity index (χ4v) is 3.25. The molecular weight excluding hydrogens is 432 g/mol. The molecule has 0 atom stereocenters. The topological polar surface area (TPSA) is 51.7 Å². The summed E-state index contributed by atoms with van der Waals surface area (Å²) < 4.78 is 46.2. The summed E-state index contributed by atoms with van der Waals surface area (Å²) in [6.45, 7) is 1.32. The van der Waals surface area contributed by atoms with E-state index >= 15 is 0 Å². The SMILES string of the molecule is O=C(c1ccc(OC(F)(F)F)cn1)N1CCC(OCc2ccc(Cl)c(Cl)c2)CC1. The van der Waals surface area contributed by atoms with Crippen molar-refractivity contribution < 1.29 is 27.4 Å². The molecule has 29 heavy (non-hydrogen) atoms. The molecule has 1 aliphatic heterocycles. The Morgan fingerprint density at radius 2 is 1.86 bits per heavy atom. The van der Waals surface area contributed by atoms with Gasteiger partial charge in [0.05, 0.1) is 29.0 Å². The second kappa shape index (κ2) is 9.19. The number of aromatic nitrogens is 1. The summed E-state index contributed by atoms with van der Waals surface area (Å²) >= 11 is 11.9. The summed E-state index contributed by atoms with van der Waals surface area (Å²) in [6, 6.07) is 7.59. The monoisotopic (exact) mass is 448 g/mol. The van der Waals surface area contributed by atoms with Crippen LogP contribution in [0.15, 0.2) is 36.5 Å². The van der Waals surface area contributed by atoms with Gasteiger partial charge < -0.3 is 14.4 Å². The lowest BCUT2D eigenvalue weighted by Gasteiger charge is -2.31. The first-order valence-corrected chi connectivity index (χ1v) is 9.53. The standard InChI is InChI=1S/C19H17Cl2F3N2O3/c20-15-3-1-12(9-16(15)21)11-28-13-5-7-26(8-6-13)18(27)17-4-2-14(10-25-17)29-19(22,23)24/h1-4,9-10,13H,5-8,11H2. The van der Waals surface area contributed by atoms with E-state index in [4.69, 9.17) is 27.9 Å². The second-order valence-corrected chi connectivity index (χ2v) is 7.29. The van der Waals surface area contributed by atoms with E-state index in [1.807, 2.05) is 6.07 Å². The van der Waals surface area contributed by atoms with Crippen LogP contribution < -0.4 is 4.74 Å². The highest BCUT2D eigenvalue weighted by Crippen LogP contribution is 2.25. The first-order valence-electron chi connectivity index (χ1n) is 8.78. The number of pyridine rings is 1. The van der Waals surface area contributed by atoms with Crippen LogP contribution in [0, 0.1) is 0 Å². The Morgan fingerprint density at radius 3 is 2.45 bits per heavy atom. The van der Waals surface area contributed by atoms with Crippen LogP contribution >= 0.6 is 23.2 Å². The molecule has 1 fully saturated rings. The van der Waals surface area contributed by atoms with Gasteiger partial charge in [0.1, 0.15) is 11.4 Å². The van der Waals surface area contributed by atoms with Crippen molar-refractivity contribution >= 4 is 29.1 Å². The summed E-state index contributed by atoms with van der Waals surface area (Å²) in [5, 5.41) is 0.946. The van der Waals surface area contributed by atoms with Gasteiger partial charge >= 0.3 is 6.36 Å². The predicted molar refractivity (Wildman–Crippen MR) is 101 cm³/mol. The van der Waals surface area contributed by atoms with Gasteiger partial charge in [-0.2, -0.15) is 0 Å². The molecule has 3 rings (SSSR count). The smallest absolute Gasteiger partial charge is 0.404 e. The number of carbonyl (C=O) groups excluding carboxylic acids is 1. The van der Waals surface area contributed by atoms with E-state index < -0.39 is 12.1 Å². The van der Waals surface area contributed by atoms with Crippen molar-refractivity contribution in [3.63, 3.8) is 0 Å². The minimum absolute atomic E-state index is 0.0102. The highest BCUT2D eigenvalue weighted by atomic mass is 35.5. The molecule has 156 valence electrons. The largest absolute Gasteiger partial charge is 0.573 e. The summed E-state index contributed by atoms with van der Waals surface area (Å²) in [5.41, 5.74) is 0.970. The Labute approximate surface area is 175 Å². The van der Waals surface area contributed by atoms with Gasteiger partial charge in [-0.05, 0) is 42.7 Å². The number of rotatable bonds is 5. The van der Waals surface area contributed by atoms with Crippen LogP contribution in [-0.2, 0) is 11.3 Å². The quantitative estimate of drug-likeness (QED) is 0.637. The number of carbonyl (C=O) groups is 1. The number of benzene rings is 1. The molecule has 0 saturated carbocycles. The molecule has 0 N–H and O–H groups in total.